The quantitative estimate of drug-likeness (QED) is 0.505. The molecule has 1 aliphatic heterocycles. The number of carbonyl (C=O) groups excluding carboxylic acids is 1. The van der Waals surface area contributed by atoms with Gasteiger partial charge in [-0.25, -0.2) is 9.18 Å². The number of amides is 1. The van der Waals surface area contributed by atoms with Crippen LogP contribution < -0.4 is 11.1 Å². The van der Waals surface area contributed by atoms with Gasteiger partial charge in [-0.2, -0.15) is 0 Å². The Morgan fingerprint density at radius 2 is 1.78 bits per heavy atom. The van der Waals surface area contributed by atoms with Gasteiger partial charge in [-0.05, 0) is 63.4 Å². The maximum Gasteiger partial charge on any atom is 0.492 e. The smallest absolute Gasteiger partial charge is 0.445 e. The molecule has 0 aromatic heterocycles. The molecule has 2 aromatic rings. The molecule has 1 heterocycles. The molecule has 32 heavy (non-hydrogen) atoms. The molecular weight excluding hydrogens is 410 g/mol. The molecule has 170 valence electrons. The number of nitrogen functional groups attached to an aromatic ring is 1. The second-order valence-corrected chi connectivity index (χ2v) is 8.95. The minimum Gasteiger partial charge on any atom is -0.445 e. The van der Waals surface area contributed by atoms with Crippen LogP contribution in [0.4, 0.5) is 14.9 Å². The van der Waals surface area contributed by atoms with E-state index < -0.39 is 30.2 Å². The number of hydrogen-bond donors (Lipinski definition) is 2. The number of halogens is 1. The summed E-state index contributed by atoms with van der Waals surface area (Å²) < 4.78 is 32.1. The van der Waals surface area contributed by atoms with Crippen LogP contribution in [0.2, 0.25) is 0 Å². The van der Waals surface area contributed by atoms with Gasteiger partial charge in [-0.1, -0.05) is 36.4 Å². The van der Waals surface area contributed by atoms with Crippen LogP contribution >= 0.6 is 0 Å². The van der Waals surface area contributed by atoms with E-state index in [1.54, 1.807) is 19.1 Å². The summed E-state index contributed by atoms with van der Waals surface area (Å²) in [5.74, 6) is -0.464. The first-order valence-electron chi connectivity index (χ1n) is 10.5. The SMILES string of the molecule is Cc1cc(C=C(CNC(=O)OCc2ccccc2)B2OC(C)(C)C(C)(C)O2)c(F)cc1N. The highest BCUT2D eigenvalue weighted by Gasteiger charge is 2.52. The predicted octanol–water partition coefficient (Wildman–Crippen LogP) is 4.66. The molecular formula is C24H30BFN2O4. The van der Waals surface area contributed by atoms with Gasteiger partial charge in [0.1, 0.15) is 12.4 Å². The van der Waals surface area contributed by atoms with E-state index in [1.807, 2.05) is 58.0 Å². The number of nitrogens with two attached hydrogens (primary N) is 1. The highest BCUT2D eigenvalue weighted by Crippen LogP contribution is 2.39. The largest absolute Gasteiger partial charge is 0.492 e. The van der Waals surface area contributed by atoms with E-state index in [1.165, 1.54) is 6.07 Å². The average molecular weight is 440 g/mol. The molecule has 1 amide bonds. The maximum atomic E-state index is 14.6. The fourth-order valence-corrected chi connectivity index (χ4v) is 3.17. The van der Waals surface area contributed by atoms with Crippen molar-refractivity contribution in [2.24, 2.45) is 0 Å². The van der Waals surface area contributed by atoms with Gasteiger partial charge in [0.05, 0.1) is 11.2 Å². The minimum absolute atomic E-state index is 0.0628. The summed E-state index contributed by atoms with van der Waals surface area (Å²) in [6, 6.07) is 12.3. The van der Waals surface area contributed by atoms with Crippen molar-refractivity contribution in [3.63, 3.8) is 0 Å². The third-order valence-corrected chi connectivity index (χ3v) is 5.93. The molecule has 0 spiro atoms. The van der Waals surface area contributed by atoms with Gasteiger partial charge in [0.15, 0.2) is 0 Å². The zero-order valence-electron chi connectivity index (χ0n) is 19.2. The van der Waals surface area contributed by atoms with Crippen LogP contribution in [0, 0.1) is 12.7 Å². The molecule has 1 saturated heterocycles. The van der Waals surface area contributed by atoms with Crippen molar-refractivity contribution in [2.75, 3.05) is 12.3 Å². The minimum atomic E-state index is -0.758. The number of benzene rings is 2. The molecule has 6 nitrogen and oxygen atoms in total. The van der Waals surface area contributed by atoms with E-state index in [9.17, 15) is 9.18 Å². The Balaban J connectivity index is 1.78. The second kappa shape index (κ2) is 9.34. The number of ether oxygens (including phenoxy) is 1. The van der Waals surface area contributed by atoms with Crippen molar-refractivity contribution >= 4 is 25.0 Å². The molecule has 8 heteroatoms. The molecule has 0 aliphatic carbocycles. The van der Waals surface area contributed by atoms with E-state index in [4.69, 9.17) is 19.8 Å². The number of rotatable bonds is 6. The zero-order chi connectivity index (χ0) is 23.5. The molecule has 0 atom stereocenters. The van der Waals surface area contributed by atoms with Gasteiger partial charge in [0, 0.05) is 17.8 Å². The van der Waals surface area contributed by atoms with Gasteiger partial charge >= 0.3 is 13.2 Å². The van der Waals surface area contributed by atoms with Crippen molar-refractivity contribution in [2.45, 2.75) is 52.4 Å². The number of hydrogen-bond acceptors (Lipinski definition) is 5. The van der Waals surface area contributed by atoms with Gasteiger partial charge < -0.3 is 25.1 Å². The molecule has 0 unspecified atom stereocenters. The summed E-state index contributed by atoms with van der Waals surface area (Å²) >= 11 is 0. The fraction of sp³-hybridized carbons (Fsp3) is 0.375. The molecule has 0 bridgehead atoms. The molecule has 2 aromatic carbocycles. The Bertz CT molecular complexity index is 993. The third kappa shape index (κ3) is 5.50. The van der Waals surface area contributed by atoms with Crippen molar-refractivity contribution in [3.8, 4) is 0 Å². The number of alkyl carbamates (subject to hydrolysis) is 1. The molecule has 1 aliphatic rings. The Labute approximate surface area is 189 Å². The van der Waals surface area contributed by atoms with Crippen LogP contribution in [0.1, 0.15) is 44.4 Å². The number of carbonyl (C=O) groups is 1. The second-order valence-electron chi connectivity index (χ2n) is 8.95. The van der Waals surface area contributed by atoms with E-state index >= 15 is 0 Å². The molecule has 0 radical (unpaired) electrons. The van der Waals surface area contributed by atoms with E-state index in [0.29, 0.717) is 16.7 Å². The summed E-state index contributed by atoms with van der Waals surface area (Å²) in [6.45, 7) is 9.74. The third-order valence-electron chi connectivity index (χ3n) is 5.93. The maximum absolute atomic E-state index is 14.6. The lowest BCUT2D eigenvalue weighted by Gasteiger charge is -2.32. The molecule has 3 rings (SSSR count). The zero-order valence-corrected chi connectivity index (χ0v) is 19.2. The first-order valence-corrected chi connectivity index (χ1v) is 10.5. The number of nitrogens with one attached hydrogen (secondary N) is 1. The van der Waals surface area contributed by atoms with Crippen molar-refractivity contribution < 1.29 is 23.2 Å². The summed E-state index contributed by atoms with van der Waals surface area (Å²) in [5, 5.41) is 2.71. The first-order chi connectivity index (χ1) is 15.0. The van der Waals surface area contributed by atoms with Crippen molar-refractivity contribution in [3.05, 3.63) is 70.4 Å². The highest BCUT2D eigenvalue weighted by atomic mass is 19.1. The molecule has 3 N–H and O–H groups in total. The topological polar surface area (TPSA) is 82.8 Å². The molecule has 1 fully saturated rings. The Hall–Kier alpha value is -2.84. The van der Waals surface area contributed by atoms with Crippen molar-refractivity contribution in [1.29, 1.82) is 0 Å². The lowest BCUT2D eigenvalue weighted by Crippen LogP contribution is -2.41. The highest BCUT2D eigenvalue weighted by molar-refractivity contribution is 6.56. The average Bonchev–Trinajstić information content (AvgIpc) is 2.95. The van der Waals surface area contributed by atoms with Gasteiger partial charge in [-0.15, -0.1) is 0 Å². The van der Waals surface area contributed by atoms with Crippen LogP contribution in [0.25, 0.3) is 6.08 Å². The van der Waals surface area contributed by atoms with E-state index in [-0.39, 0.29) is 13.2 Å². The van der Waals surface area contributed by atoms with E-state index in [2.05, 4.69) is 5.32 Å². The monoisotopic (exact) mass is 440 g/mol. The van der Waals surface area contributed by atoms with Crippen LogP contribution in [-0.2, 0) is 20.7 Å². The first kappa shape index (κ1) is 23.8. The standard InChI is InChI=1S/C24H30BFN2O4/c1-16-11-18(20(26)13-21(16)27)12-19(25-31-23(2,3)24(4,5)32-25)14-28-22(29)30-15-17-9-7-6-8-10-17/h6-13H,14-15,27H2,1-5H3,(H,28,29). The summed E-state index contributed by atoms with van der Waals surface area (Å²) in [7, 11) is -0.758. The van der Waals surface area contributed by atoms with Crippen LogP contribution in [0.3, 0.4) is 0 Å². The Kier molecular flexibility index (Phi) is 6.95. The Morgan fingerprint density at radius 3 is 2.41 bits per heavy atom. The summed E-state index contributed by atoms with van der Waals surface area (Å²) in [4.78, 5) is 12.3. The normalized spacial score (nSPS) is 17.3. The fourth-order valence-electron chi connectivity index (χ4n) is 3.17. The number of anilines is 1. The van der Waals surface area contributed by atoms with Crippen LogP contribution in [0.5, 0.6) is 0 Å². The van der Waals surface area contributed by atoms with Crippen LogP contribution in [-0.4, -0.2) is 31.0 Å². The van der Waals surface area contributed by atoms with Gasteiger partial charge in [0.2, 0.25) is 0 Å². The predicted molar refractivity (Wildman–Crippen MR) is 124 cm³/mol. The molecule has 0 saturated carbocycles. The lowest BCUT2D eigenvalue weighted by atomic mass is 9.77. The van der Waals surface area contributed by atoms with Gasteiger partial charge in [0.25, 0.3) is 0 Å². The van der Waals surface area contributed by atoms with E-state index in [0.717, 1.165) is 11.1 Å². The lowest BCUT2D eigenvalue weighted by molar-refractivity contribution is 0.00578. The summed E-state index contributed by atoms with van der Waals surface area (Å²) in [6.07, 6.45) is 1.03. The van der Waals surface area contributed by atoms with Crippen molar-refractivity contribution in [1.82, 2.24) is 5.32 Å². The summed E-state index contributed by atoms with van der Waals surface area (Å²) in [5.41, 5.74) is 7.54. The Morgan fingerprint density at radius 1 is 1.16 bits per heavy atom. The van der Waals surface area contributed by atoms with Gasteiger partial charge in [-0.3, -0.25) is 0 Å². The van der Waals surface area contributed by atoms with Crippen LogP contribution in [0.15, 0.2) is 47.9 Å². The number of aryl methyl sites for hydroxylation is 1.